The van der Waals surface area contributed by atoms with E-state index < -0.39 is 0 Å². The van der Waals surface area contributed by atoms with Gasteiger partial charge in [-0.2, -0.15) is 0 Å². The Kier molecular flexibility index (Phi) is 9.91. The van der Waals surface area contributed by atoms with E-state index in [1.807, 2.05) is 0 Å². The fraction of sp³-hybridized carbons (Fsp3) is 0.917. The third kappa shape index (κ3) is 7.81. The zero-order valence-corrected chi connectivity index (χ0v) is 13.7. The lowest BCUT2D eigenvalue weighted by Crippen LogP contribution is -2.39. The van der Waals surface area contributed by atoms with E-state index in [0.717, 1.165) is 38.7 Å². The van der Waals surface area contributed by atoms with Gasteiger partial charge in [-0.1, -0.05) is 13.8 Å². The van der Waals surface area contributed by atoms with Crippen LogP contribution in [0.2, 0.25) is 0 Å². The molecule has 0 radical (unpaired) electrons. The van der Waals surface area contributed by atoms with Gasteiger partial charge in [-0.15, -0.1) is 24.0 Å². The van der Waals surface area contributed by atoms with Crippen molar-refractivity contribution in [1.29, 1.82) is 0 Å². The molecule has 4 nitrogen and oxygen atoms in total. The number of nitrogens with one attached hydrogen (secondary N) is 2. The first-order valence-corrected chi connectivity index (χ1v) is 6.57. The van der Waals surface area contributed by atoms with Gasteiger partial charge in [-0.05, 0) is 32.9 Å². The van der Waals surface area contributed by atoms with Crippen LogP contribution in [-0.4, -0.2) is 49.6 Å². The summed E-state index contributed by atoms with van der Waals surface area (Å²) in [4.78, 5) is 6.98. The predicted molar refractivity (Wildman–Crippen MR) is 85.3 cm³/mol. The molecule has 1 rings (SSSR count). The lowest BCUT2D eigenvalue weighted by atomic mass is 10.5. The van der Waals surface area contributed by atoms with E-state index in [1.54, 1.807) is 0 Å². The number of hydrogen-bond acceptors (Lipinski definition) is 2. The highest BCUT2D eigenvalue weighted by atomic mass is 127. The molecule has 17 heavy (non-hydrogen) atoms. The minimum atomic E-state index is 0. The molecule has 2 N–H and O–H groups in total. The van der Waals surface area contributed by atoms with Gasteiger partial charge in [0.25, 0.3) is 0 Å². The third-order valence-corrected chi connectivity index (χ3v) is 2.84. The van der Waals surface area contributed by atoms with Crippen molar-refractivity contribution in [3.05, 3.63) is 0 Å². The summed E-state index contributed by atoms with van der Waals surface area (Å²) in [5, 5.41) is 6.71. The fourth-order valence-electron chi connectivity index (χ4n) is 1.58. The van der Waals surface area contributed by atoms with Crippen LogP contribution in [0.1, 0.15) is 33.6 Å². The third-order valence-electron chi connectivity index (χ3n) is 2.84. The Bertz CT molecular complexity index is 213. The predicted octanol–water partition coefficient (Wildman–Crippen LogP) is 1.66. The molecule has 0 aromatic heterocycles. The van der Waals surface area contributed by atoms with Crippen molar-refractivity contribution in [2.45, 2.75) is 39.7 Å². The van der Waals surface area contributed by atoms with Crippen molar-refractivity contribution in [2.75, 3.05) is 32.7 Å². The highest BCUT2D eigenvalue weighted by Gasteiger charge is 2.21. The van der Waals surface area contributed by atoms with Crippen LogP contribution in [0, 0.1) is 0 Å². The quantitative estimate of drug-likeness (QED) is 0.415. The van der Waals surface area contributed by atoms with Gasteiger partial charge in [0.2, 0.25) is 0 Å². The van der Waals surface area contributed by atoms with Crippen LogP contribution in [0.25, 0.3) is 0 Å². The molecule has 102 valence electrons. The second-order valence-corrected chi connectivity index (χ2v) is 4.21. The van der Waals surface area contributed by atoms with Crippen LogP contribution in [-0.2, 0) is 0 Å². The van der Waals surface area contributed by atoms with Crippen LogP contribution in [0.3, 0.4) is 0 Å². The van der Waals surface area contributed by atoms with Gasteiger partial charge in [-0.25, -0.2) is 0 Å². The zero-order valence-electron chi connectivity index (χ0n) is 11.3. The maximum Gasteiger partial charge on any atom is 0.191 e. The summed E-state index contributed by atoms with van der Waals surface area (Å²) in [5.74, 6) is 0.983. The number of guanidine groups is 1. The van der Waals surface area contributed by atoms with Crippen LogP contribution in [0.5, 0.6) is 0 Å². The molecule has 0 unspecified atom stereocenters. The average Bonchev–Trinajstić information content (AvgIpc) is 3.08. The van der Waals surface area contributed by atoms with Crippen LogP contribution < -0.4 is 10.6 Å². The zero-order chi connectivity index (χ0) is 11.8. The largest absolute Gasteiger partial charge is 0.357 e. The summed E-state index contributed by atoms with van der Waals surface area (Å²) in [6.45, 7) is 11.6. The molecular formula is C12H27IN4. The second-order valence-electron chi connectivity index (χ2n) is 4.21. The first-order chi connectivity index (χ1) is 7.80. The maximum absolute atomic E-state index is 4.58. The van der Waals surface area contributed by atoms with Crippen molar-refractivity contribution >= 4 is 29.9 Å². The van der Waals surface area contributed by atoms with Crippen LogP contribution in [0.4, 0.5) is 0 Å². The van der Waals surface area contributed by atoms with Crippen molar-refractivity contribution in [2.24, 2.45) is 4.99 Å². The van der Waals surface area contributed by atoms with Crippen molar-refractivity contribution in [3.8, 4) is 0 Å². The summed E-state index contributed by atoms with van der Waals surface area (Å²) >= 11 is 0. The molecular weight excluding hydrogens is 327 g/mol. The van der Waals surface area contributed by atoms with Crippen molar-refractivity contribution in [1.82, 2.24) is 15.5 Å². The van der Waals surface area contributed by atoms with Crippen LogP contribution >= 0.6 is 24.0 Å². The topological polar surface area (TPSA) is 39.7 Å². The van der Waals surface area contributed by atoms with E-state index in [4.69, 9.17) is 0 Å². The van der Waals surface area contributed by atoms with E-state index in [1.165, 1.54) is 12.8 Å². The van der Waals surface area contributed by atoms with Gasteiger partial charge in [-0.3, -0.25) is 4.99 Å². The standard InChI is InChI=1S/C12H26N4.HI/c1-4-13-12(15-11-7-8-11)14-9-10-16(5-2)6-3;/h11H,4-10H2,1-3H3,(H2,13,14,15);1H. The Morgan fingerprint density at radius 3 is 2.35 bits per heavy atom. The first-order valence-electron chi connectivity index (χ1n) is 6.57. The summed E-state index contributed by atoms with van der Waals surface area (Å²) < 4.78 is 0. The number of nitrogens with zero attached hydrogens (tertiary/aromatic N) is 2. The molecule has 1 aliphatic rings. The number of halogens is 1. The van der Waals surface area contributed by atoms with E-state index in [9.17, 15) is 0 Å². The summed E-state index contributed by atoms with van der Waals surface area (Å²) in [7, 11) is 0. The van der Waals surface area contributed by atoms with Crippen molar-refractivity contribution < 1.29 is 0 Å². The summed E-state index contributed by atoms with van der Waals surface area (Å²) in [5.41, 5.74) is 0. The fourth-order valence-corrected chi connectivity index (χ4v) is 1.58. The average molecular weight is 354 g/mol. The van der Waals surface area contributed by atoms with Crippen LogP contribution in [0.15, 0.2) is 4.99 Å². The van der Waals surface area contributed by atoms with Gasteiger partial charge in [0, 0.05) is 19.1 Å². The monoisotopic (exact) mass is 354 g/mol. The first kappa shape index (κ1) is 17.0. The van der Waals surface area contributed by atoms with Crippen molar-refractivity contribution in [3.63, 3.8) is 0 Å². The number of rotatable bonds is 7. The molecule has 1 saturated carbocycles. The molecule has 0 saturated heterocycles. The lowest BCUT2D eigenvalue weighted by Gasteiger charge is -2.17. The molecule has 0 spiro atoms. The van der Waals surface area contributed by atoms with Gasteiger partial charge >= 0.3 is 0 Å². The number of hydrogen-bond donors (Lipinski definition) is 2. The summed E-state index contributed by atoms with van der Waals surface area (Å²) in [6, 6.07) is 0.672. The molecule has 1 aliphatic carbocycles. The number of likely N-dealkylation sites (N-methyl/N-ethyl adjacent to an activating group) is 1. The molecule has 0 aliphatic heterocycles. The Morgan fingerprint density at radius 1 is 1.24 bits per heavy atom. The highest BCUT2D eigenvalue weighted by molar-refractivity contribution is 14.0. The molecule has 0 aromatic carbocycles. The van der Waals surface area contributed by atoms with E-state index in [-0.39, 0.29) is 24.0 Å². The molecule has 1 fully saturated rings. The van der Waals surface area contributed by atoms with E-state index in [2.05, 4.69) is 41.3 Å². The molecule has 0 amide bonds. The lowest BCUT2D eigenvalue weighted by molar-refractivity contribution is 0.313. The minimum Gasteiger partial charge on any atom is -0.357 e. The molecule has 5 heteroatoms. The minimum absolute atomic E-state index is 0. The molecule has 0 bridgehead atoms. The highest BCUT2D eigenvalue weighted by Crippen LogP contribution is 2.18. The van der Waals surface area contributed by atoms with Gasteiger partial charge in [0.1, 0.15) is 0 Å². The molecule has 0 heterocycles. The summed E-state index contributed by atoms with van der Waals surface area (Å²) in [6.07, 6.45) is 2.58. The van der Waals surface area contributed by atoms with Gasteiger partial charge < -0.3 is 15.5 Å². The normalized spacial score (nSPS) is 15.6. The van der Waals surface area contributed by atoms with Gasteiger partial charge in [0.15, 0.2) is 5.96 Å². The smallest absolute Gasteiger partial charge is 0.191 e. The van der Waals surface area contributed by atoms with Gasteiger partial charge in [0.05, 0.1) is 6.54 Å². The number of aliphatic imine (C=N–C) groups is 1. The SMILES string of the molecule is CCNC(=NCCN(CC)CC)NC1CC1.I. The van der Waals surface area contributed by atoms with E-state index >= 15 is 0 Å². The molecule has 0 aromatic rings. The maximum atomic E-state index is 4.58. The molecule has 0 atom stereocenters. The Hall–Kier alpha value is -0.0400. The Morgan fingerprint density at radius 2 is 1.88 bits per heavy atom. The Labute approximate surface area is 123 Å². The Balaban J connectivity index is 0.00000256. The second kappa shape index (κ2) is 9.94. The van der Waals surface area contributed by atoms with E-state index in [0.29, 0.717) is 6.04 Å².